The van der Waals surface area contributed by atoms with Crippen molar-refractivity contribution in [2.45, 2.75) is 19.6 Å². The van der Waals surface area contributed by atoms with Crippen LogP contribution < -0.4 is 14.8 Å². The predicted molar refractivity (Wildman–Crippen MR) is 135 cm³/mol. The molecule has 1 aliphatic heterocycles. The molecule has 6 nitrogen and oxygen atoms in total. The highest BCUT2D eigenvalue weighted by molar-refractivity contribution is 6.30. The van der Waals surface area contributed by atoms with Crippen molar-refractivity contribution in [3.63, 3.8) is 0 Å². The van der Waals surface area contributed by atoms with Gasteiger partial charge in [-0.15, -0.1) is 0 Å². The molecule has 4 aromatic rings. The Bertz CT molecular complexity index is 1320. The molecule has 3 aromatic carbocycles. The third kappa shape index (κ3) is 4.74. The largest absolute Gasteiger partial charge is 0.490 e. The van der Waals surface area contributed by atoms with Crippen molar-refractivity contribution in [2.24, 2.45) is 0 Å². The Balaban J connectivity index is 1.46. The average molecular weight is 493 g/mol. The summed E-state index contributed by atoms with van der Waals surface area (Å²) >= 11 is 12.1. The van der Waals surface area contributed by atoms with Crippen molar-refractivity contribution in [2.75, 3.05) is 11.9 Å². The van der Waals surface area contributed by atoms with Gasteiger partial charge < -0.3 is 14.8 Å². The van der Waals surface area contributed by atoms with Crippen LogP contribution in [0.25, 0.3) is 5.70 Å². The third-order valence-corrected chi connectivity index (χ3v) is 5.98. The number of allylic oxidation sites excluding steroid dienone is 1. The van der Waals surface area contributed by atoms with Gasteiger partial charge in [0.1, 0.15) is 19.0 Å². The van der Waals surface area contributed by atoms with Gasteiger partial charge in [0.2, 0.25) is 5.95 Å². The first-order valence-corrected chi connectivity index (χ1v) is 11.6. The number of hydrogen-bond donors (Lipinski definition) is 1. The molecule has 5 rings (SSSR count). The highest BCUT2D eigenvalue weighted by atomic mass is 35.5. The van der Waals surface area contributed by atoms with E-state index < -0.39 is 0 Å². The molecule has 0 fully saturated rings. The number of nitrogens with one attached hydrogen (secondary N) is 1. The number of benzene rings is 3. The molecule has 1 aliphatic rings. The van der Waals surface area contributed by atoms with E-state index in [2.05, 4.69) is 21.5 Å². The molecule has 0 unspecified atom stereocenters. The van der Waals surface area contributed by atoms with Crippen molar-refractivity contribution in [1.82, 2.24) is 14.8 Å². The van der Waals surface area contributed by atoms with Gasteiger partial charge in [0.15, 0.2) is 11.5 Å². The Hall–Kier alpha value is -3.48. The van der Waals surface area contributed by atoms with Crippen molar-refractivity contribution in [1.29, 1.82) is 0 Å². The summed E-state index contributed by atoms with van der Waals surface area (Å²) in [5, 5.41) is 9.17. The number of nitrogens with zero attached hydrogens (tertiary/aromatic N) is 3. The fraction of sp³-hybridized carbons (Fsp3) is 0.154. The van der Waals surface area contributed by atoms with Gasteiger partial charge in [-0.1, -0.05) is 53.5 Å². The summed E-state index contributed by atoms with van der Waals surface area (Å²) in [6.45, 7) is 2.89. The van der Waals surface area contributed by atoms with Gasteiger partial charge in [-0.05, 0) is 66.1 Å². The van der Waals surface area contributed by atoms with Gasteiger partial charge in [0, 0.05) is 15.7 Å². The molecule has 34 heavy (non-hydrogen) atoms. The van der Waals surface area contributed by atoms with E-state index >= 15 is 0 Å². The summed E-state index contributed by atoms with van der Waals surface area (Å²) in [6, 6.07) is 21.1. The molecule has 172 valence electrons. The second kappa shape index (κ2) is 9.79. The predicted octanol–water partition coefficient (Wildman–Crippen LogP) is 6.62. The molecule has 0 saturated heterocycles. The summed E-state index contributed by atoms with van der Waals surface area (Å²) in [4.78, 5) is 4.38. The van der Waals surface area contributed by atoms with Gasteiger partial charge in [-0.2, -0.15) is 10.1 Å². The van der Waals surface area contributed by atoms with Gasteiger partial charge in [-0.25, -0.2) is 4.68 Å². The van der Waals surface area contributed by atoms with E-state index in [0.717, 1.165) is 22.4 Å². The monoisotopic (exact) mass is 492 g/mol. The lowest BCUT2D eigenvalue weighted by atomic mass is 10.0. The molecular weight excluding hydrogens is 471 g/mol. The standard InChI is InChI=1S/C26H22Cl2N4O2/c1-2-33-25-13-19(7-12-24(25)34-15-17-3-8-20(27)9-4-17)23-14-22(18-5-10-21(28)11-6-18)31-26-29-16-30-32(23)26/h3-14,16,23H,2,15H2,1H3,(H,29,30,31)/t23-/m1/s1. The molecule has 1 atom stereocenters. The minimum absolute atomic E-state index is 0.172. The Morgan fingerprint density at radius 3 is 2.38 bits per heavy atom. The summed E-state index contributed by atoms with van der Waals surface area (Å²) in [5.74, 6) is 2.02. The number of hydrogen-bond acceptors (Lipinski definition) is 5. The molecule has 8 heteroatoms. The van der Waals surface area contributed by atoms with Gasteiger partial charge in [-0.3, -0.25) is 0 Å². The maximum absolute atomic E-state index is 6.07. The van der Waals surface area contributed by atoms with E-state index in [4.69, 9.17) is 32.7 Å². The first-order valence-electron chi connectivity index (χ1n) is 10.9. The lowest BCUT2D eigenvalue weighted by molar-refractivity contribution is 0.269. The maximum Gasteiger partial charge on any atom is 0.226 e. The Morgan fingerprint density at radius 1 is 0.912 bits per heavy atom. The molecule has 1 aromatic heterocycles. The minimum Gasteiger partial charge on any atom is -0.490 e. The summed E-state index contributed by atoms with van der Waals surface area (Å²) < 4.78 is 13.8. The van der Waals surface area contributed by atoms with Gasteiger partial charge >= 0.3 is 0 Å². The zero-order chi connectivity index (χ0) is 23.5. The van der Waals surface area contributed by atoms with Crippen LogP contribution in [0, 0.1) is 0 Å². The Morgan fingerprint density at radius 2 is 1.65 bits per heavy atom. The normalized spacial score (nSPS) is 14.7. The molecule has 1 N–H and O–H groups in total. The lowest BCUT2D eigenvalue weighted by Gasteiger charge is -2.25. The number of anilines is 1. The number of halogens is 2. The zero-order valence-electron chi connectivity index (χ0n) is 18.4. The van der Waals surface area contributed by atoms with E-state index in [1.165, 1.54) is 0 Å². The highest BCUT2D eigenvalue weighted by Gasteiger charge is 2.24. The maximum atomic E-state index is 6.07. The molecule has 0 bridgehead atoms. The smallest absolute Gasteiger partial charge is 0.226 e. The van der Waals surface area contributed by atoms with Crippen molar-refractivity contribution in [3.8, 4) is 11.5 Å². The summed E-state index contributed by atoms with van der Waals surface area (Å²) in [7, 11) is 0. The van der Waals surface area contributed by atoms with Gasteiger partial charge in [0.25, 0.3) is 0 Å². The molecular formula is C26H22Cl2N4O2. The SMILES string of the molecule is CCOc1cc([C@H]2C=C(c3ccc(Cl)cc3)Nc3ncnn32)ccc1OCc1ccc(Cl)cc1. The van der Waals surface area contributed by atoms with Crippen molar-refractivity contribution in [3.05, 3.63) is 106 Å². The number of fused-ring (bicyclic) bond motifs is 1. The van der Waals surface area contributed by atoms with Crippen LogP contribution in [0.4, 0.5) is 5.95 Å². The first-order chi connectivity index (χ1) is 16.6. The van der Waals surface area contributed by atoms with E-state index in [-0.39, 0.29) is 6.04 Å². The Kier molecular flexibility index (Phi) is 6.43. The van der Waals surface area contributed by atoms with E-state index in [0.29, 0.717) is 40.7 Å². The second-order valence-electron chi connectivity index (χ2n) is 7.74. The van der Waals surface area contributed by atoms with Crippen LogP contribution in [-0.4, -0.2) is 21.4 Å². The van der Waals surface area contributed by atoms with Crippen LogP contribution in [0.5, 0.6) is 11.5 Å². The fourth-order valence-corrected chi connectivity index (χ4v) is 4.06. The van der Waals surface area contributed by atoms with Crippen LogP contribution in [0.1, 0.15) is 29.7 Å². The van der Waals surface area contributed by atoms with Crippen molar-refractivity contribution < 1.29 is 9.47 Å². The highest BCUT2D eigenvalue weighted by Crippen LogP contribution is 2.37. The van der Waals surface area contributed by atoms with Crippen LogP contribution in [0.15, 0.2) is 79.1 Å². The number of rotatable bonds is 7. The molecule has 0 radical (unpaired) electrons. The topological polar surface area (TPSA) is 61.2 Å². The van der Waals surface area contributed by atoms with E-state index in [1.807, 2.05) is 78.3 Å². The Labute approximate surface area is 207 Å². The molecule has 0 amide bonds. The molecule has 0 aliphatic carbocycles. The average Bonchev–Trinajstić information content (AvgIpc) is 3.33. The summed E-state index contributed by atoms with van der Waals surface area (Å²) in [5.41, 5.74) is 3.97. The lowest BCUT2D eigenvalue weighted by Crippen LogP contribution is -2.20. The molecule has 2 heterocycles. The third-order valence-electron chi connectivity index (χ3n) is 5.48. The summed E-state index contributed by atoms with van der Waals surface area (Å²) in [6.07, 6.45) is 3.66. The van der Waals surface area contributed by atoms with Gasteiger partial charge in [0.05, 0.1) is 6.61 Å². The quantitative estimate of drug-likeness (QED) is 0.314. The molecule has 0 spiro atoms. The van der Waals surface area contributed by atoms with Crippen molar-refractivity contribution >= 4 is 34.8 Å². The van der Waals surface area contributed by atoms with E-state index in [1.54, 1.807) is 6.33 Å². The number of ether oxygens (including phenoxy) is 2. The van der Waals surface area contributed by atoms with Crippen LogP contribution in [-0.2, 0) is 6.61 Å². The fourth-order valence-electron chi connectivity index (χ4n) is 3.81. The number of aromatic nitrogens is 3. The second-order valence-corrected chi connectivity index (χ2v) is 8.61. The molecule has 0 saturated carbocycles. The first kappa shape index (κ1) is 22.3. The van der Waals surface area contributed by atoms with Crippen LogP contribution >= 0.6 is 23.2 Å². The zero-order valence-corrected chi connectivity index (χ0v) is 19.9. The van der Waals surface area contributed by atoms with Crippen LogP contribution in [0.2, 0.25) is 10.0 Å². The minimum atomic E-state index is -0.172. The van der Waals surface area contributed by atoms with Crippen LogP contribution in [0.3, 0.4) is 0 Å². The van der Waals surface area contributed by atoms with E-state index in [9.17, 15) is 0 Å².